The van der Waals surface area contributed by atoms with Crippen LogP contribution in [0.5, 0.6) is 23.0 Å². The Kier molecular flexibility index (Phi) is 7.31. The topological polar surface area (TPSA) is 86.3 Å². The molecule has 1 saturated heterocycles. The van der Waals surface area contributed by atoms with E-state index in [-0.39, 0.29) is 12.5 Å². The fraction of sp³-hybridized carbons (Fsp3) is 0.320. The molecule has 0 bridgehead atoms. The number of hydrogen-bond donors (Lipinski definition) is 0. The Labute approximate surface area is 198 Å². The van der Waals surface area contributed by atoms with Gasteiger partial charge in [-0.15, -0.1) is 10.2 Å². The van der Waals surface area contributed by atoms with E-state index in [1.165, 1.54) is 0 Å². The van der Waals surface area contributed by atoms with Gasteiger partial charge in [0.05, 0.1) is 27.0 Å². The maximum Gasteiger partial charge on any atom is 0.260 e. The molecule has 0 N–H and O–H groups in total. The van der Waals surface area contributed by atoms with Crippen LogP contribution < -0.4 is 23.8 Å². The van der Waals surface area contributed by atoms with Crippen LogP contribution in [0.25, 0.3) is 11.3 Å². The quantitative estimate of drug-likeness (QED) is 0.503. The van der Waals surface area contributed by atoms with E-state index in [9.17, 15) is 4.79 Å². The number of para-hydroxylation sites is 1. The van der Waals surface area contributed by atoms with Crippen LogP contribution >= 0.6 is 0 Å². The highest BCUT2D eigenvalue weighted by Gasteiger charge is 2.23. The lowest BCUT2D eigenvalue weighted by atomic mass is 10.1. The van der Waals surface area contributed by atoms with Gasteiger partial charge in [-0.25, -0.2) is 0 Å². The number of anilines is 1. The molecule has 34 heavy (non-hydrogen) atoms. The first kappa shape index (κ1) is 23.2. The normalized spacial score (nSPS) is 13.4. The van der Waals surface area contributed by atoms with E-state index in [1.807, 2.05) is 59.5 Å². The molecule has 1 aromatic heterocycles. The van der Waals surface area contributed by atoms with Crippen LogP contribution in [0.2, 0.25) is 0 Å². The summed E-state index contributed by atoms with van der Waals surface area (Å²) in [7, 11) is 4.72. The largest absolute Gasteiger partial charge is 0.493 e. The van der Waals surface area contributed by atoms with Crippen molar-refractivity contribution < 1.29 is 23.7 Å². The van der Waals surface area contributed by atoms with Crippen molar-refractivity contribution in [3.05, 3.63) is 54.6 Å². The highest BCUT2D eigenvalue weighted by molar-refractivity contribution is 5.78. The van der Waals surface area contributed by atoms with Gasteiger partial charge in [0.2, 0.25) is 5.75 Å². The Morgan fingerprint density at radius 2 is 1.53 bits per heavy atom. The molecule has 0 unspecified atom stereocenters. The molecular weight excluding hydrogens is 436 g/mol. The molecule has 0 saturated carbocycles. The summed E-state index contributed by atoms with van der Waals surface area (Å²) in [5.74, 6) is 3.08. The Bertz CT molecular complexity index is 1080. The molecule has 0 aliphatic carbocycles. The lowest BCUT2D eigenvalue weighted by Crippen LogP contribution is -2.50. The molecule has 9 heteroatoms. The van der Waals surface area contributed by atoms with Gasteiger partial charge in [0.1, 0.15) is 5.75 Å². The molecule has 2 aromatic carbocycles. The lowest BCUT2D eigenvalue weighted by Gasteiger charge is -2.35. The first-order valence-corrected chi connectivity index (χ1v) is 11.0. The van der Waals surface area contributed by atoms with Gasteiger partial charge in [0.25, 0.3) is 5.91 Å². The van der Waals surface area contributed by atoms with Crippen molar-refractivity contribution >= 4 is 11.7 Å². The highest BCUT2D eigenvalue weighted by Crippen LogP contribution is 2.40. The Morgan fingerprint density at radius 3 is 2.09 bits per heavy atom. The number of hydrogen-bond acceptors (Lipinski definition) is 8. The van der Waals surface area contributed by atoms with Gasteiger partial charge in [-0.2, -0.15) is 0 Å². The van der Waals surface area contributed by atoms with Gasteiger partial charge in [0.15, 0.2) is 23.9 Å². The minimum Gasteiger partial charge on any atom is -0.493 e. The molecular formula is C25H28N4O5. The molecule has 1 aliphatic heterocycles. The number of ether oxygens (including phenoxy) is 4. The van der Waals surface area contributed by atoms with E-state index >= 15 is 0 Å². The molecule has 0 atom stereocenters. The van der Waals surface area contributed by atoms with Crippen molar-refractivity contribution in [1.82, 2.24) is 15.1 Å². The van der Waals surface area contributed by atoms with Crippen molar-refractivity contribution in [2.24, 2.45) is 0 Å². The van der Waals surface area contributed by atoms with Gasteiger partial charge in [-0.05, 0) is 36.4 Å². The third kappa shape index (κ3) is 5.14. The average Bonchev–Trinajstić information content (AvgIpc) is 2.91. The van der Waals surface area contributed by atoms with Crippen LogP contribution in [0.4, 0.5) is 5.82 Å². The number of carbonyl (C=O) groups excluding carboxylic acids is 1. The van der Waals surface area contributed by atoms with Crippen LogP contribution in [0.3, 0.4) is 0 Å². The summed E-state index contributed by atoms with van der Waals surface area (Å²) in [6.07, 6.45) is 0. The Hall–Kier alpha value is -4.01. The number of nitrogens with zero attached hydrogens (tertiary/aromatic N) is 4. The summed E-state index contributed by atoms with van der Waals surface area (Å²) < 4.78 is 21.8. The zero-order valence-electron chi connectivity index (χ0n) is 19.6. The molecule has 1 fully saturated rings. The van der Waals surface area contributed by atoms with Gasteiger partial charge in [0, 0.05) is 31.7 Å². The minimum atomic E-state index is -0.0210. The molecule has 9 nitrogen and oxygen atoms in total. The van der Waals surface area contributed by atoms with Crippen LogP contribution in [0.15, 0.2) is 54.6 Å². The molecule has 1 aliphatic rings. The second-order valence-electron chi connectivity index (χ2n) is 7.66. The molecule has 178 valence electrons. The number of piperazine rings is 1. The number of benzene rings is 2. The zero-order valence-corrected chi connectivity index (χ0v) is 19.6. The van der Waals surface area contributed by atoms with Crippen molar-refractivity contribution in [1.29, 1.82) is 0 Å². The fourth-order valence-corrected chi connectivity index (χ4v) is 3.81. The summed E-state index contributed by atoms with van der Waals surface area (Å²) in [5, 5.41) is 8.82. The second kappa shape index (κ2) is 10.7. The summed E-state index contributed by atoms with van der Waals surface area (Å²) in [4.78, 5) is 16.4. The van der Waals surface area contributed by atoms with Crippen LogP contribution in [0.1, 0.15) is 0 Å². The molecule has 4 rings (SSSR count). The summed E-state index contributed by atoms with van der Waals surface area (Å²) in [6.45, 7) is 2.60. The maximum absolute atomic E-state index is 12.5. The SMILES string of the molecule is COc1cc(-c2ccc(N3CCN(C(=O)COc4ccccc4)CC3)nn2)cc(OC)c1OC. The number of rotatable bonds is 8. The Morgan fingerprint density at radius 1 is 0.853 bits per heavy atom. The van der Waals surface area contributed by atoms with E-state index in [0.29, 0.717) is 54.9 Å². The third-order valence-electron chi connectivity index (χ3n) is 5.67. The van der Waals surface area contributed by atoms with Crippen LogP contribution in [-0.2, 0) is 4.79 Å². The highest BCUT2D eigenvalue weighted by atomic mass is 16.5. The van der Waals surface area contributed by atoms with Crippen LogP contribution in [0, 0.1) is 0 Å². The summed E-state index contributed by atoms with van der Waals surface area (Å²) in [5.41, 5.74) is 1.50. The molecule has 0 radical (unpaired) electrons. The first-order valence-electron chi connectivity index (χ1n) is 11.0. The minimum absolute atomic E-state index is 0.0210. The molecule has 3 aromatic rings. The predicted octanol–water partition coefficient (Wildman–Crippen LogP) is 2.90. The predicted molar refractivity (Wildman–Crippen MR) is 128 cm³/mol. The third-order valence-corrected chi connectivity index (χ3v) is 5.67. The van der Waals surface area contributed by atoms with Gasteiger partial charge in [-0.1, -0.05) is 18.2 Å². The monoisotopic (exact) mass is 464 g/mol. The smallest absolute Gasteiger partial charge is 0.260 e. The summed E-state index contributed by atoms with van der Waals surface area (Å²) >= 11 is 0. The Balaban J connectivity index is 1.36. The van der Waals surface area contributed by atoms with E-state index in [2.05, 4.69) is 15.1 Å². The lowest BCUT2D eigenvalue weighted by molar-refractivity contribution is -0.133. The number of methoxy groups -OCH3 is 3. The molecule has 0 spiro atoms. The van der Waals surface area contributed by atoms with Crippen molar-refractivity contribution in [2.45, 2.75) is 0 Å². The van der Waals surface area contributed by atoms with E-state index < -0.39 is 0 Å². The zero-order chi connectivity index (χ0) is 23.9. The van der Waals surface area contributed by atoms with E-state index in [0.717, 1.165) is 11.4 Å². The standard InChI is InChI=1S/C25H28N4O5/c1-31-21-15-18(16-22(32-2)25(21)33-3)20-9-10-23(27-26-20)28-11-13-29(14-12-28)24(30)17-34-19-7-5-4-6-8-19/h4-10,15-16H,11-14,17H2,1-3H3. The number of carbonyl (C=O) groups is 1. The maximum atomic E-state index is 12.5. The van der Waals surface area contributed by atoms with Crippen molar-refractivity contribution in [3.8, 4) is 34.3 Å². The van der Waals surface area contributed by atoms with Crippen molar-refractivity contribution in [3.63, 3.8) is 0 Å². The number of aromatic nitrogens is 2. The van der Waals surface area contributed by atoms with Crippen molar-refractivity contribution in [2.75, 3.05) is 59.0 Å². The van der Waals surface area contributed by atoms with E-state index in [1.54, 1.807) is 21.3 Å². The number of amides is 1. The van der Waals surface area contributed by atoms with Gasteiger partial charge in [-0.3, -0.25) is 4.79 Å². The van der Waals surface area contributed by atoms with E-state index in [4.69, 9.17) is 18.9 Å². The summed E-state index contributed by atoms with van der Waals surface area (Å²) in [6, 6.07) is 16.9. The first-order chi connectivity index (χ1) is 16.6. The molecule has 2 heterocycles. The second-order valence-corrected chi connectivity index (χ2v) is 7.66. The van der Waals surface area contributed by atoms with Crippen LogP contribution in [-0.4, -0.2) is 75.1 Å². The van der Waals surface area contributed by atoms with Gasteiger partial charge < -0.3 is 28.7 Å². The van der Waals surface area contributed by atoms with Gasteiger partial charge >= 0.3 is 0 Å². The fourth-order valence-electron chi connectivity index (χ4n) is 3.81. The molecule has 1 amide bonds. The average molecular weight is 465 g/mol.